The van der Waals surface area contributed by atoms with E-state index >= 15 is 0 Å². The zero-order valence-electron chi connectivity index (χ0n) is 13.3. The van der Waals surface area contributed by atoms with Crippen molar-refractivity contribution in [3.8, 4) is 0 Å². The number of hydrogen-bond donors (Lipinski definition) is 1. The van der Waals surface area contributed by atoms with Crippen LogP contribution in [0.1, 0.15) is 12.8 Å². The molecule has 6 heteroatoms. The van der Waals surface area contributed by atoms with Crippen LogP contribution in [0.25, 0.3) is 0 Å². The van der Waals surface area contributed by atoms with Crippen LogP contribution in [0, 0.1) is 0 Å². The molecule has 1 aliphatic heterocycles. The maximum Gasteiger partial charge on any atom is 0.236 e. The van der Waals surface area contributed by atoms with Gasteiger partial charge < -0.3 is 14.9 Å². The molecular weight excluding hydrogens is 314 g/mol. The summed E-state index contributed by atoms with van der Waals surface area (Å²) in [5.74, 6) is 0.177. The summed E-state index contributed by atoms with van der Waals surface area (Å²) in [6.07, 6.45) is 2.30. The van der Waals surface area contributed by atoms with E-state index in [1.807, 2.05) is 23.1 Å². The van der Waals surface area contributed by atoms with Crippen LogP contribution >= 0.6 is 11.6 Å². The molecule has 1 saturated heterocycles. The monoisotopic (exact) mass is 337 g/mol. The van der Waals surface area contributed by atoms with Crippen molar-refractivity contribution < 1.29 is 9.90 Å². The van der Waals surface area contributed by atoms with Gasteiger partial charge in [0.15, 0.2) is 0 Å². The summed E-state index contributed by atoms with van der Waals surface area (Å²) in [5.41, 5.74) is 1.12. The number of benzene rings is 1. The maximum atomic E-state index is 12.5. The summed E-state index contributed by atoms with van der Waals surface area (Å²) < 4.78 is 0. The average molecular weight is 338 g/mol. The molecule has 1 heterocycles. The van der Waals surface area contributed by atoms with E-state index in [2.05, 4.69) is 15.9 Å². The van der Waals surface area contributed by atoms with Crippen molar-refractivity contribution >= 4 is 23.2 Å². The Balaban J connectivity index is 1.51. The molecule has 2 aliphatic rings. The second-order valence-corrected chi connectivity index (χ2v) is 6.71. The lowest BCUT2D eigenvalue weighted by molar-refractivity contribution is -0.133. The van der Waals surface area contributed by atoms with Gasteiger partial charge in [-0.1, -0.05) is 17.7 Å². The van der Waals surface area contributed by atoms with Gasteiger partial charge in [0.25, 0.3) is 0 Å². The Kier molecular flexibility index (Phi) is 5.41. The summed E-state index contributed by atoms with van der Waals surface area (Å²) in [6, 6.07) is 8.35. The number of carbonyl (C=O) groups is 1. The van der Waals surface area contributed by atoms with Gasteiger partial charge in [-0.05, 0) is 31.0 Å². The van der Waals surface area contributed by atoms with E-state index in [1.54, 1.807) is 0 Å². The Morgan fingerprint density at radius 3 is 2.61 bits per heavy atom. The van der Waals surface area contributed by atoms with Gasteiger partial charge in [-0.2, -0.15) is 0 Å². The first-order valence-corrected chi connectivity index (χ1v) is 8.68. The van der Waals surface area contributed by atoms with Crippen LogP contribution in [0.3, 0.4) is 0 Å². The number of piperazine rings is 1. The van der Waals surface area contributed by atoms with Gasteiger partial charge in [0.2, 0.25) is 5.91 Å². The fourth-order valence-electron chi connectivity index (χ4n) is 3.12. The van der Waals surface area contributed by atoms with Gasteiger partial charge in [-0.15, -0.1) is 0 Å². The highest BCUT2D eigenvalue weighted by Crippen LogP contribution is 2.26. The lowest BCUT2D eigenvalue weighted by Crippen LogP contribution is -2.51. The molecule has 126 valence electrons. The highest BCUT2D eigenvalue weighted by Gasteiger charge is 2.31. The molecule has 1 saturated carbocycles. The number of carbonyl (C=O) groups excluding carboxylic acids is 1. The van der Waals surface area contributed by atoms with Crippen molar-refractivity contribution in [1.82, 2.24) is 9.80 Å². The number of hydrogen-bond acceptors (Lipinski definition) is 4. The van der Waals surface area contributed by atoms with Crippen molar-refractivity contribution in [2.75, 3.05) is 50.8 Å². The van der Waals surface area contributed by atoms with Crippen molar-refractivity contribution in [3.05, 3.63) is 29.3 Å². The summed E-state index contributed by atoms with van der Waals surface area (Å²) in [6.45, 7) is 4.28. The predicted octanol–water partition coefficient (Wildman–Crippen LogP) is 1.45. The Hall–Kier alpha value is -1.30. The van der Waals surface area contributed by atoms with E-state index in [1.165, 1.54) is 0 Å². The molecule has 0 radical (unpaired) electrons. The van der Waals surface area contributed by atoms with Crippen LogP contribution in [0.5, 0.6) is 0 Å². The quantitative estimate of drug-likeness (QED) is 0.853. The first-order chi connectivity index (χ1) is 11.2. The number of anilines is 1. The zero-order valence-corrected chi connectivity index (χ0v) is 14.1. The van der Waals surface area contributed by atoms with Crippen LogP contribution in [0.15, 0.2) is 24.3 Å². The van der Waals surface area contributed by atoms with Gasteiger partial charge in [0.05, 0.1) is 13.2 Å². The molecule has 1 aromatic rings. The third kappa shape index (κ3) is 4.37. The Labute approximate surface area is 142 Å². The van der Waals surface area contributed by atoms with Gasteiger partial charge in [-0.25, -0.2) is 0 Å². The van der Waals surface area contributed by atoms with E-state index in [-0.39, 0.29) is 12.5 Å². The third-order valence-corrected chi connectivity index (χ3v) is 4.83. The first kappa shape index (κ1) is 16.6. The summed E-state index contributed by atoms with van der Waals surface area (Å²) in [7, 11) is 0. The Morgan fingerprint density at radius 2 is 2.00 bits per heavy atom. The lowest BCUT2D eigenvalue weighted by Gasteiger charge is -2.37. The largest absolute Gasteiger partial charge is 0.395 e. The molecule has 1 aromatic carbocycles. The fourth-order valence-corrected chi connectivity index (χ4v) is 3.30. The second-order valence-electron chi connectivity index (χ2n) is 6.27. The number of halogens is 1. The highest BCUT2D eigenvalue weighted by molar-refractivity contribution is 6.30. The normalized spacial score (nSPS) is 18.6. The van der Waals surface area contributed by atoms with Crippen molar-refractivity contribution in [2.45, 2.75) is 18.9 Å². The van der Waals surface area contributed by atoms with Crippen molar-refractivity contribution in [3.63, 3.8) is 0 Å². The summed E-state index contributed by atoms with van der Waals surface area (Å²) in [4.78, 5) is 18.8. The van der Waals surface area contributed by atoms with E-state index < -0.39 is 0 Å². The van der Waals surface area contributed by atoms with E-state index in [0.29, 0.717) is 19.1 Å². The standard InChI is InChI=1S/C17H24ClN3O2/c18-14-2-1-3-16(12-14)19-6-8-20(9-7-19)17(23)13-21(10-11-22)15-4-5-15/h1-3,12,15,22H,4-11,13H2. The van der Waals surface area contributed by atoms with Gasteiger partial charge >= 0.3 is 0 Å². The van der Waals surface area contributed by atoms with E-state index in [9.17, 15) is 4.79 Å². The van der Waals surface area contributed by atoms with Crippen molar-refractivity contribution in [1.29, 1.82) is 0 Å². The topological polar surface area (TPSA) is 47.0 Å². The Morgan fingerprint density at radius 1 is 1.26 bits per heavy atom. The van der Waals surface area contributed by atoms with E-state index in [4.69, 9.17) is 16.7 Å². The number of aliphatic hydroxyl groups excluding tert-OH is 1. The van der Waals surface area contributed by atoms with Gasteiger partial charge in [-0.3, -0.25) is 9.69 Å². The fraction of sp³-hybridized carbons (Fsp3) is 0.588. The average Bonchev–Trinajstić information content (AvgIpc) is 3.39. The molecule has 0 unspecified atom stereocenters. The van der Waals surface area contributed by atoms with Crippen LogP contribution < -0.4 is 4.90 Å². The molecule has 5 nitrogen and oxygen atoms in total. The van der Waals surface area contributed by atoms with Crippen LogP contribution in [-0.2, 0) is 4.79 Å². The molecule has 23 heavy (non-hydrogen) atoms. The molecule has 0 bridgehead atoms. The zero-order chi connectivity index (χ0) is 16.2. The minimum atomic E-state index is 0.117. The number of aliphatic hydroxyl groups is 1. The summed E-state index contributed by atoms with van der Waals surface area (Å²) in [5, 5.41) is 9.88. The lowest BCUT2D eigenvalue weighted by atomic mass is 10.2. The molecular formula is C17H24ClN3O2. The number of amides is 1. The predicted molar refractivity (Wildman–Crippen MR) is 91.9 cm³/mol. The number of rotatable bonds is 6. The number of nitrogens with zero attached hydrogens (tertiary/aromatic N) is 3. The minimum Gasteiger partial charge on any atom is -0.395 e. The molecule has 1 amide bonds. The molecule has 1 aliphatic carbocycles. The van der Waals surface area contributed by atoms with Crippen LogP contribution in [0.4, 0.5) is 5.69 Å². The molecule has 0 atom stereocenters. The second kappa shape index (κ2) is 7.51. The maximum absolute atomic E-state index is 12.5. The Bertz CT molecular complexity index is 542. The van der Waals surface area contributed by atoms with Crippen LogP contribution in [0.2, 0.25) is 5.02 Å². The van der Waals surface area contributed by atoms with Gasteiger partial charge in [0.1, 0.15) is 0 Å². The first-order valence-electron chi connectivity index (χ1n) is 8.30. The van der Waals surface area contributed by atoms with Gasteiger partial charge in [0, 0.05) is 49.5 Å². The summed E-state index contributed by atoms with van der Waals surface area (Å²) >= 11 is 6.05. The van der Waals surface area contributed by atoms with E-state index in [0.717, 1.165) is 49.7 Å². The molecule has 0 spiro atoms. The SMILES string of the molecule is O=C(CN(CCO)C1CC1)N1CCN(c2cccc(Cl)c2)CC1. The molecule has 1 N–H and O–H groups in total. The molecule has 0 aromatic heterocycles. The molecule has 2 fully saturated rings. The smallest absolute Gasteiger partial charge is 0.236 e. The molecule has 3 rings (SSSR count). The highest BCUT2D eigenvalue weighted by atomic mass is 35.5. The minimum absolute atomic E-state index is 0.117. The third-order valence-electron chi connectivity index (χ3n) is 4.59. The van der Waals surface area contributed by atoms with Crippen LogP contribution in [-0.4, -0.2) is 72.7 Å². The van der Waals surface area contributed by atoms with Crippen molar-refractivity contribution in [2.24, 2.45) is 0 Å².